The van der Waals surface area contributed by atoms with Crippen LogP contribution in [0.15, 0.2) is 10.9 Å². The summed E-state index contributed by atoms with van der Waals surface area (Å²) < 4.78 is 60.9. The Hall–Kier alpha value is -1.40. The lowest BCUT2D eigenvalue weighted by Crippen LogP contribution is -2.24. The van der Waals surface area contributed by atoms with Gasteiger partial charge in [0.05, 0.1) is 5.69 Å². The fraction of sp³-hybridized carbons (Fsp3) is 0.375. The van der Waals surface area contributed by atoms with Gasteiger partial charge < -0.3 is 4.98 Å². The molecule has 1 heterocycles. The molecule has 0 amide bonds. The van der Waals surface area contributed by atoms with Crippen molar-refractivity contribution >= 4 is 0 Å². The zero-order valence-electron chi connectivity index (χ0n) is 7.45. The van der Waals surface area contributed by atoms with Gasteiger partial charge in [-0.25, -0.2) is 8.78 Å². The van der Waals surface area contributed by atoms with E-state index in [1.165, 1.54) is 4.98 Å². The van der Waals surface area contributed by atoms with Gasteiger partial charge in [-0.1, -0.05) is 0 Å². The predicted octanol–water partition coefficient (Wildman–Crippen LogP) is 2.64. The van der Waals surface area contributed by atoms with E-state index in [9.17, 15) is 26.7 Å². The van der Waals surface area contributed by atoms with E-state index in [4.69, 9.17) is 0 Å². The minimum atomic E-state index is -4.84. The summed E-state index contributed by atoms with van der Waals surface area (Å²) >= 11 is 0. The van der Waals surface area contributed by atoms with E-state index in [0.29, 0.717) is 6.07 Å². The highest BCUT2D eigenvalue weighted by Gasteiger charge is 2.36. The summed E-state index contributed by atoms with van der Waals surface area (Å²) in [4.78, 5) is 12.4. The maximum Gasteiger partial charge on any atom is 0.421 e. The van der Waals surface area contributed by atoms with Crippen molar-refractivity contribution in [3.63, 3.8) is 0 Å². The number of alkyl halides is 5. The minimum Gasteiger partial charge on any atom is -0.321 e. The fourth-order valence-electron chi connectivity index (χ4n) is 1.18. The van der Waals surface area contributed by atoms with Gasteiger partial charge in [0.15, 0.2) is 0 Å². The maximum absolute atomic E-state index is 12.2. The van der Waals surface area contributed by atoms with E-state index in [1.807, 2.05) is 0 Å². The molecule has 2 nitrogen and oxygen atoms in total. The maximum atomic E-state index is 12.2. The van der Waals surface area contributed by atoms with Crippen LogP contribution in [0.5, 0.6) is 0 Å². The van der Waals surface area contributed by atoms with Crippen LogP contribution in [0.4, 0.5) is 22.0 Å². The Morgan fingerprint density at radius 3 is 2.20 bits per heavy atom. The van der Waals surface area contributed by atoms with Crippen LogP contribution in [0, 0.1) is 6.92 Å². The highest BCUT2D eigenvalue weighted by Crippen LogP contribution is 2.29. The molecule has 0 atom stereocenters. The number of pyridine rings is 1. The van der Waals surface area contributed by atoms with E-state index in [-0.39, 0.29) is 0 Å². The molecule has 0 aliphatic heterocycles. The third-order valence-electron chi connectivity index (χ3n) is 1.77. The van der Waals surface area contributed by atoms with E-state index in [2.05, 4.69) is 0 Å². The van der Waals surface area contributed by atoms with Crippen molar-refractivity contribution in [3.8, 4) is 0 Å². The Morgan fingerprint density at radius 1 is 1.33 bits per heavy atom. The molecule has 0 aromatic carbocycles. The van der Waals surface area contributed by atoms with Crippen LogP contribution < -0.4 is 5.56 Å². The second-order valence-electron chi connectivity index (χ2n) is 2.91. The molecule has 0 radical (unpaired) electrons. The number of rotatable bonds is 1. The summed E-state index contributed by atoms with van der Waals surface area (Å²) in [6.07, 6.45) is -7.84. The molecule has 15 heavy (non-hydrogen) atoms. The highest BCUT2D eigenvalue weighted by atomic mass is 19.4. The molecule has 0 spiro atoms. The fourth-order valence-corrected chi connectivity index (χ4v) is 1.18. The number of aromatic amines is 1. The van der Waals surface area contributed by atoms with Crippen LogP contribution >= 0.6 is 0 Å². The lowest BCUT2D eigenvalue weighted by Gasteiger charge is -2.10. The Morgan fingerprint density at radius 2 is 1.87 bits per heavy atom. The van der Waals surface area contributed by atoms with Gasteiger partial charge in [0.1, 0.15) is 5.56 Å². The van der Waals surface area contributed by atoms with Crippen LogP contribution in [0.25, 0.3) is 0 Å². The molecule has 0 saturated heterocycles. The topological polar surface area (TPSA) is 32.9 Å². The summed E-state index contributed by atoms with van der Waals surface area (Å²) in [5, 5.41) is 0. The molecule has 1 rings (SSSR count). The molecule has 7 heteroatoms. The lowest BCUT2D eigenvalue weighted by molar-refractivity contribution is -0.139. The first-order valence-electron chi connectivity index (χ1n) is 3.82. The summed E-state index contributed by atoms with van der Waals surface area (Å²) in [7, 11) is 0. The molecule has 0 bridgehead atoms. The quantitative estimate of drug-likeness (QED) is 0.735. The molecule has 0 unspecified atom stereocenters. The minimum absolute atomic E-state index is 0.512. The van der Waals surface area contributed by atoms with Crippen molar-refractivity contribution in [3.05, 3.63) is 33.2 Å². The molecular formula is C8H6F5NO. The number of H-pyrrole nitrogens is 1. The number of nitrogens with one attached hydrogen (secondary N) is 1. The van der Waals surface area contributed by atoms with Gasteiger partial charge in [-0.15, -0.1) is 0 Å². The zero-order chi connectivity index (χ0) is 11.8. The average molecular weight is 227 g/mol. The molecule has 1 aromatic heterocycles. The zero-order valence-corrected chi connectivity index (χ0v) is 7.45. The molecule has 0 aliphatic rings. The Labute approximate surface area is 80.7 Å². The highest BCUT2D eigenvalue weighted by molar-refractivity contribution is 5.28. The average Bonchev–Trinajstić information content (AvgIpc) is 1.99. The van der Waals surface area contributed by atoms with Gasteiger partial charge in [-0.05, 0) is 18.6 Å². The van der Waals surface area contributed by atoms with Gasteiger partial charge in [-0.3, -0.25) is 4.79 Å². The summed E-state index contributed by atoms with van der Waals surface area (Å²) in [5.74, 6) is 0. The van der Waals surface area contributed by atoms with Crippen LogP contribution in [0.3, 0.4) is 0 Å². The number of aryl methyl sites for hydroxylation is 1. The first-order chi connectivity index (χ1) is 6.73. The van der Waals surface area contributed by atoms with Crippen LogP contribution in [0.1, 0.15) is 23.2 Å². The van der Waals surface area contributed by atoms with Crippen LogP contribution in [0.2, 0.25) is 0 Å². The summed E-state index contributed by atoms with van der Waals surface area (Å²) in [6.45, 7) is 0.962. The normalized spacial score (nSPS) is 12.2. The van der Waals surface area contributed by atoms with Gasteiger partial charge >= 0.3 is 6.18 Å². The Bertz CT molecular complexity index is 420. The summed E-state index contributed by atoms with van der Waals surface area (Å²) in [6, 6.07) is 0.620. The summed E-state index contributed by atoms with van der Waals surface area (Å²) in [5.41, 5.74) is -4.31. The van der Waals surface area contributed by atoms with Crippen molar-refractivity contribution in [1.82, 2.24) is 4.98 Å². The SMILES string of the molecule is Cc1cc(C(F)F)[nH]c(=O)c1C(F)(F)F. The molecule has 0 fully saturated rings. The number of hydrogen-bond acceptors (Lipinski definition) is 1. The van der Waals surface area contributed by atoms with Gasteiger partial charge in [0.2, 0.25) is 0 Å². The van der Waals surface area contributed by atoms with Crippen molar-refractivity contribution < 1.29 is 22.0 Å². The number of aromatic nitrogens is 1. The van der Waals surface area contributed by atoms with Crippen molar-refractivity contribution in [2.24, 2.45) is 0 Å². The molecule has 1 aromatic rings. The first kappa shape index (κ1) is 11.7. The second-order valence-corrected chi connectivity index (χ2v) is 2.91. The van der Waals surface area contributed by atoms with Crippen LogP contribution in [-0.4, -0.2) is 4.98 Å². The lowest BCUT2D eigenvalue weighted by atomic mass is 10.1. The van der Waals surface area contributed by atoms with E-state index < -0.39 is 35.0 Å². The third-order valence-corrected chi connectivity index (χ3v) is 1.77. The standard InChI is InChI=1S/C8H6F5NO/c1-3-2-4(6(9)10)14-7(15)5(3)8(11,12)13/h2,6H,1H3,(H,14,15). The Balaban J connectivity index is 3.42. The van der Waals surface area contributed by atoms with Crippen LogP contribution in [-0.2, 0) is 6.18 Å². The third kappa shape index (κ3) is 2.34. The second kappa shape index (κ2) is 3.63. The molecule has 0 saturated carbocycles. The van der Waals surface area contributed by atoms with E-state index >= 15 is 0 Å². The predicted molar refractivity (Wildman–Crippen MR) is 41.8 cm³/mol. The van der Waals surface area contributed by atoms with E-state index in [0.717, 1.165) is 6.92 Å². The first-order valence-corrected chi connectivity index (χ1v) is 3.82. The number of halogens is 5. The van der Waals surface area contributed by atoms with E-state index in [1.54, 1.807) is 0 Å². The van der Waals surface area contributed by atoms with Gasteiger partial charge in [0.25, 0.3) is 12.0 Å². The Kier molecular flexibility index (Phi) is 2.83. The monoisotopic (exact) mass is 227 g/mol. The number of hydrogen-bond donors (Lipinski definition) is 1. The molecule has 1 N–H and O–H groups in total. The molecule has 0 aliphatic carbocycles. The van der Waals surface area contributed by atoms with Crippen molar-refractivity contribution in [2.75, 3.05) is 0 Å². The molecular weight excluding hydrogens is 221 g/mol. The van der Waals surface area contributed by atoms with Gasteiger partial charge in [-0.2, -0.15) is 13.2 Å². The van der Waals surface area contributed by atoms with Crippen molar-refractivity contribution in [2.45, 2.75) is 19.5 Å². The molecule has 84 valence electrons. The van der Waals surface area contributed by atoms with Crippen molar-refractivity contribution in [1.29, 1.82) is 0 Å². The van der Waals surface area contributed by atoms with Gasteiger partial charge in [0, 0.05) is 0 Å². The largest absolute Gasteiger partial charge is 0.421 e. The smallest absolute Gasteiger partial charge is 0.321 e.